The Morgan fingerprint density at radius 2 is 2.03 bits per heavy atom. The van der Waals surface area contributed by atoms with Gasteiger partial charge in [-0.1, -0.05) is 17.7 Å². The highest BCUT2D eigenvalue weighted by Gasteiger charge is 2.29. The summed E-state index contributed by atoms with van der Waals surface area (Å²) in [5.74, 6) is -0.812. The minimum absolute atomic E-state index is 0.249. The Bertz CT molecular complexity index is 1260. The van der Waals surface area contributed by atoms with Gasteiger partial charge in [0, 0.05) is 42.7 Å². The monoisotopic (exact) mass is 471 g/mol. The number of hydrogen-bond acceptors (Lipinski definition) is 6. The molecule has 0 radical (unpaired) electrons. The molecule has 8 nitrogen and oxygen atoms in total. The van der Waals surface area contributed by atoms with E-state index in [9.17, 15) is 14.4 Å². The summed E-state index contributed by atoms with van der Waals surface area (Å²) >= 11 is 6.73. The number of carbonyl (C=O) groups is 3. The molecule has 0 N–H and O–H groups in total. The van der Waals surface area contributed by atoms with Crippen molar-refractivity contribution in [3.63, 3.8) is 0 Å². The number of benzene rings is 1. The van der Waals surface area contributed by atoms with Crippen molar-refractivity contribution in [3.05, 3.63) is 39.8 Å². The molecule has 0 bridgehead atoms. The van der Waals surface area contributed by atoms with E-state index in [0.717, 1.165) is 59.8 Å². The second-order valence-corrected chi connectivity index (χ2v) is 8.55. The minimum atomic E-state index is -0.467. The molecule has 1 aliphatic heterocycles. The summed E-state index contributed by atoms with van der Waals surface area (Å²) in [6, 6.07) is 3.67. The average molecular weight is 472 g/mol. The third-order valence-corrected chi connectivity index (χ3v) is 6.46. The SMILES string of the molecule is COC(=O)c1c(CCCOC(C)=O)c2ccc(Cl)c(-c3c(C=O)nn4c3CCCC4)c2n1C. The fourth-order valence-electron chi connectivity index (χ4n) is 4.78. The fourth-order valence-corrected chi connectivity index (χ4v) is 5.02. The zero-order valence-corrected chi connectivity index (χ0v) is 19.7. The standard InChI is InChI=1S/C24H26ClN3O5/c1-14(30)33-12-6-7-15-16-9-10-17(25)20(22(16)27(2)23(15)24(31)32-3)21-18(13-29)26-28-11-5-4-8-19(21)28/h9-10,13H,4-8,11-12H2,1-3H3. The van der Waals surface area contributed by atoms with Gasteiger partial charge in [-0.25, -0.2) is 4.79 Å². The van der Waals surface area contributed by atoms with Gasteiger partial charge < -0.3 is 14.0 Å². The average Bonchev–Trinajstić information content (AvgIpc) is 3.31. The fraction of sp³-hybridized carbons (Fsp3) is 0.417. The molecule has 0 amide bonds. The van der Waals surface area contributed by atoms with E-state index in [1.807, 2.05) is 10.7 Å². The molecule has 174 valence electrons. The van der Waals surface area contributed by atoms with Gasteiger partial charge in [-0.3, -0.25) is 14.3 Å². The van der Waals surface area contributed by atoms with E-state index in [1.54, 1.807) is 17.7 Å². The molecule has 0 fully saturated rings. The smallest absolute Gasteiger partial charge is 0.354 e. The van der Waals surface area contributed by atoms with E-state index in [2.05, 4.69) is 5.10 Å². The number of esters is 2. The van der Waals surface area contributed by atoms with Gasteiger partial charge in [-0.15, -0.1) is 0 Å². The first kappa shape index (κ1) is 23.0. The van der Waals surface area contributed by atoms with Crippen molar-refractivity contribution in [2.24, 2.45) is 7.05 Å². The maximum atomic E-state index is 12.8. The Kier molecular flexibility index (Phi) is 6.56. The molecule has 2 aromatic heterocycles. The molecule has 33 heavy (non-hydrogen) atoms. The highest BCUT2D eigenvalue weighted by Crippen LogP contribution is 2.42. The van der Waals surface area contributed by atoms with Gasteiger partial charge in [0.1, 0.15) is 11.4 Å². The molecule has 1 aliphatic rings. The van der Waals surface area contributed by atoms with Crippen molar-refractivity contribution >= 4 is 40.7 Å². The highest BCUT2D eigenvalue weighted by atomic mass is 35.5. The Labute approximate surface area is 196 Å². The third kappa shape index (κ3) is 4.04. The van der Waals surface area contributed by atoms with Crippen molar-refractivity contribution in [2.75, 3.05) is 13.7 Å². The van der Waals surface area contributed by atoms with Gasteiger partial charge >= 0.3 is 11.9 Å². The number of ether oxygens (including phenoxy) is 2. The quantitative estimate of drug-likeness (QED) is 0.292. The third-order valence-electron chi connectivity index (χ3n) is 6.14. The van der Waals surface area contributed by atoms with Crippen LogP contribution in [0.5, 0.6) is 0 Å². The van der Waals surface area contributed by atoms with E-state index in [4.69, 9.17) is 21.1 Å². The molecular formula is C24H26ClN3O5. The van der Waals surface area contributed by atoms with Gasteiger partial charge in [-0.2, -0.15) is 5.10 Å². The first-order valence-electron chi connectivity index (χ1n) is 11.0. The predicted octanol–water partition coefficient (Wildman–Crippen LogP) is 4.13. The number of aromatic nitrogens is 3. The zero-order chi connectivity index (χ0) is 23.7. The van der Waals surface area contributed by atoms with Crippen LogP contribution in [0.4, 0.5) is 0 Å². The number of halogens is 1. The first-order chi connectivity index (χ1) is 15.9. The topological polar surface area (TPSA) is 92.4 Å². The lowest BCUT2D eigenvalue weighted by molar-refractivity contribution is -0.141. The van der Waals surface area contributed by atoms with Crippen molar-refractivity contribution in [2.45, 2.75) is 45.6 Å². The molecule has 0 aliphatic carbocycles. The summed E-state index contributed by atoms with van der Waals surface area (Å²) in [6.45, 7) is 2.37. The van der Waals surface area contributed by atoms with Crippen LogP contribution in [0.1, 0.15) is 58.4 Å². The molecule has 0 saturated carbocycles. The predicted molar refractivity (Wildman–Crippen MR) is 124 cm³/mol. The van der Waals surface area contributed by atoms with Crippen LogP contribution < -0.4 is 0 Å². The van der Waals surface area contributed by atoms with Crippen LogP contribution in [0, 0.1) is 0 Å². The summed E-state index contributed by atoms with van der Waals surface area (Å²) < 4.78 is 13.8. The number of rotatable bonds is 7. The molecule has 0 unspecified atom stereocenters. The van der Waals surface area contributed by atoms with Gasteiger partial charge in [0.25, 0.3) is 0 Å². The van der Waals surface area contributed by atoms with Crippen LogP contribution in [-0.4, -0.2) is 46.3 Å². The lowest BCUT2D eigenvalue weighted by Crippen LogP contribution is -2.12. The number of aryl methyl sites for hydroxylation is 3. The van der Waals surface area contributed by atoms with Crippen LogP contribution >= 0.6 is 11.6 Å². The van der Waals surface area contributed by atoms with Gasteiger partial charge in [0.15, 0.2) is 6.29 Å². The Morgan fingerprint density at radius 1 is 1.24 bits per heavy atom. The Hall–Kier alpha value is -3.13. The number of methoxy groups -OCH3 is 1. The Morgan fingerprint density at radius 3 is 2.73 bits per heavy atom. The molecule has 9 heteroatoms. The van der Waals surface area contributed by atoms with Crippen LogP contribution in [-0.2, 0) is 40.7 Å². The first-order valence-corrected chi connectivity index (χ1v) is 11.3. The maximum absolute atomic E-state index is 12.8. The van der Waals surface area contributed by atoms with Crippen molar-refractivity contribution in [1.29, 1.82) is 0 Å². The van der Waals surface area contributed by atoms with E-state index in [0.29, 0.717) is 34.8 Å². The summed E-state index contributed by atoms with van der Waals surface area (Å²) in [5, 5.41) is 5.84. The normalized spacial score (nSPS) is 13.1. The maximum Gasteiger partial charge on any atom is 0.354 e. The highest BCUT2D eigenvalue weighted by molar-refractivity contribution is 6.35. The number of nitrogens with zero attached hydrogens (tertiary/aromatic N) is 3. The van der Waals surface area contributed by atoms with Gasteiger partial charge in [0.2, 0.25) is 0 Å². The van der Waals surface area contributed by atoms with Crippen LogP contribution in [0.3, 0.4) is 0 Å². The molecular weight excluding hydrogens is 446 g/mol. The minimum Gasteiger partial charge on any atom is -0.466 e. The lowest BCUT2D eigenvalue weighted by atomic mass is 9.95. The molecule has 0 atom stereocenters. The van der Waals surface area contributed by atoms with E-state index in [1.165, 1.54) is 14.0 Å². The largest absolute Gasteiger partial charge is 0.466 e. The Balaban J connectivity index is 1.96. The zero-order valence-electron chi connectivity index (χ0n) is 18.9. The molecule has 4 rings (SSSR count). The second-order valence-electron chi connectivity index (χ2n) is 8.14. The van der Waals surface area contributed by atoms with Gasteiger partial charge in [0.05, 0.1) is 24.3 Å². The lowest BCUT2D eigenvalue weighted by Gasteiger charge is -2.16. The van der Waals surface area contributed by atoms with Crippen molar-refractivity contribution < 1.29 is 23.9 Å². The summed E-state index contributed by atoms with van der Waals surface area (Å²) in [5.41, 5.74) is 4.69. The number of carbonyl (C=O) groups excluding carboxylic acids is 3. The number of aldehydes is 1. The van der Waals surface area contributed by atoms with Crippen LogP contribution in [0.2, 0.25) is 5.02 Å². The van der Waals surface area contributed by atoms with Crippen LogP contribution in [0.15, 0.2) is 12.1 Å². The number of fused-ring (bicyclic) bond motifs is 2. The van der Waals surface area contributed by atoms with Gasteiger partial charge in [-0.05, 0) is 43.7 Å². The molecule has 3 heterocycles. The number of hydrogen-bond donors (Lipinski definition) is 0. The molecule has 0 spiro atoms. The molecule has 1 aromatic carbocycles. The molecule has 3 aromatic rings. The van der Waals surface area contributed by atoms with Crippen molar-refractivity contribution in [1.82, 2.24) is 14.3 Å². The summed E-state index contributed by atoms with van der Waals surface area (Å²) in [4.78, 5) is 35.9. The summed E-state index contributed by atoms with van der Waals surface area (Å²) in [6.07, 6.45) is 4.62. The van der Waals surface area contributed by atoms with E-state index >= 15 is 0 Å². The van der Waals surface area contributed by atoms with Crippen LogP contribution in [0.25, 0.3) is 22.0 Å². The molecule has 0 saturated heterocycles. The van der Waals surface area contributed by atoms with E-state index in [-0.39, 0.29) is 12.6 Å². The van der Waals surface area contributed by atoms with Crippen molar-refractivity contribution in [3.8, 4) is 11.1 Å². The summed E-state index contributed by atoms with van der Waals surface area (Å²) in [7, 11) is 3.13. The second kappa shape index (κ2) is 9.39. The van der Waals surface area contributed by atoms with E-state index < -0.39 is 5.97 Å².